The normalized spacial score (nSPS) is 11.6. The van der Waals surface area contributed by atoms with Crippen molar-refractivity contribution < 1.29 is 33.0 Å². The number of nitrogens with zero attached hydrogens (tertiary/aromatic N) is 2. The van der Waals surface area contributed by atoms with Gasteiger partial charge < -0.3 is 15.5 Å². The van der Waals surface area contributed by atoms with Gasteiger partial charge in [-0.3, -0.25) is 4.79 Å². The summed E-state index contributed by atoms with van der Waals surface area (Å²) in [7, 11) is 0. The second-order valence-electron chi connectivity index (χ2n) is 7.59. The first-order chi connectivity index (χ1) is 16.6. The van der Waals surface area contributed by atoms with Gasteiger partial charge in [0.15, 0.2) is 0 Å². The van der Waals surface area contributed by atoms with Crippen molar-refractivity contribution in [3.8, 4) is 11.3 Å². The Balaban J connectivity index is 1.93. The lowest BCUT2D eigenvalue weighted by Gasteiger charge is -2.13. The minimum atomic E-state index is -4.83. The van der Waals surface area contributed by atoms with E-state index in [4.69, 9.17) is 16.7 Å². The van der Waals surface area contributed by atoms with Crippen LogP contribution in [0.15, 0.2) is 60.7 Å². The van der Waals surface area contributed by atoms with E-state index in [2.05, 4.69) is 10.4 Å². The summed E-state index contributed by atoms with van der Waals surface area (Å²) in [6, 6.07) is 14.4. The first-order valence-corrected chi connectivity index (χ1v) is 10.6. The molecule has 0 radical (unpaired) electrons. The van der Waals surface area contributed by atoms with Gasteiger partial charge in [-0.25, -0.2) is 4.79 Å². The fourth-order valence-corrected chi connectivity index (χ4v) is 3.92. The van der Waals surface area contributed by atoms with Crippen LogP contribution >= 0.6 is 11.6 Å². The third kappa shape index (κ3) is 4.84. The van der Waals surface area contributed by atoms with E-state index in [9.17, 15) is 27.9 Å². The molecule has 0 aliphatic heterocycles. The number of fused-ring (bicyclic) bond motifs is 1. The number of aliphatic hydroxyl groups is 1. The van der Waals surface area contributed by atoms with Gasteiger partial charge in [0.05, 0.1) is 28.3 Å². The summed E-state index contributed by atoms with van der Waals surface area (Å²) >= 11 is 6.04. The van der Waals surface area contributed by atoms with Gasteiger partial charge in [0.25, 0.3) is 5.91 Å². The van der Waals surface area contributed by atoms with E-state index in [-0.39, 0.29) is 23.7 Å². The maximum Gasteiger partial charge on any atom is 0.417 e. The molecule has 0 aliphatic rings. The van der Waals surface area contributed by atoms with Crippen molar-refractivity contribution in [1.29, 1.82) is 0 Å². The number of halogens is 4. The van der Waals surface area contributed by atoms with Crippen LogP contribution in [0.2, 0.25) is 5.02 Å². The molecule has 1 heterocycles. The molecule has 7 nitrogen and oxygen atoms in total. The number of benzene rings is 3. The van der Waals surface area contributed by atoms with Crippen LogP contribution < -0.4 is 5.32 Å². The van der Waals surface area contributed by atoms with E-state index < -0.39 is 29.3 Å². The van der Waals surface area contributed by atoms with E-state index >= 15 is 0 Å². The molecule has 0 fully saturated rings. The molecular weight excluding hydrogens is 487 g/mol. The Morgan fingerprint density at radius 1 is 1.03 bits per heavy atom. The first-order valence-electron chi connectivity index (χ1n) is 10.2. The summed E-state index contributed by atoms with van der Waals surface area (Å²) in [5.74, 6) is -1.09. The van der Waals surface area contributed by atoms with E-state index in [0.717, 1.165) is 16.8 Å². The van der Waals surface area contributed by atoms with Crippen molar-refractivity contribution >= 4 is 34.5 Å². The Hall–Kier alpha value is -3.89. The third-order valence-electron chi connectivity index (χ3n) is 5.32. The summed E-state index contributed by atoms with van der Waals surface area (Å²) in [6.07, 6.45) is -6.09. The number of carboxylic acid groups (broad SMARTS) is 1. The molecule has 35 heavy (non-hydrogen) atoms. The van der Waals surface area contributed by atoms with Gasteiger partial charge in [0.2, 0.25) is 0 Å². The lowest BCUT2D eigenvalue weighted by Crippen LogP contribution is -2.21. The molecule has 3 N–H and O–H groups in total. The number of alkyl halides is 3. The molecule has 0 unspecified atom stereocenters. The molecule has 0 aliphatic carbocycles. The summed E-state index contributed by atoms with van der Waals surface area (Å²) in [4.78, 5) is 24.3. The zero-order valence-electron chi connectivity index (χ0n) is 17.8. The van der Waals surface area contributed by atoms with E-state index in [0.29, 0.717) is 27.8 Å². The van der Waals surface area contributed by atoms with Crippen LogP contribution in [-0.4, -0.2) is 32.0 Å². The van der Waals surface area contributed by atoms with E-state index in [1.807, 2.05) is 0 Å². The minimum absolute atomic E-state index is 0.0922. The molecule has 11 heteroatoms. The smallest absolute Gasteiger partial charge is 0.417 e. The molecule has 1 aromatic heterocycles. The second-order valence-corrected chi connectivity index (χ2v) is 8.00. The van der Waals surface area contributed by atoms with Crippen LogP contribution in [0.3, 0.4) is 0 Å². The average Bonchev–Trinajstić information content (AvgIpc) is 3.20. The summed E-state index contributed by atoms with van der Waals surface area (Å²) < 4.78 is 41.9. The number of carbonyl (C=O) groups is 2. The van der Waals surface area contributed by atoms with Crippen LogP contribution in [0.25, 0.3) is 22.2 Å². The summed E-state index contributed by atoms with van der Waals surface area (Å²) in [5.41, 5.74) is 0.210. The predicted octanol–water partition coefficient (Wildman–Crippen LogP) is 5.32. The zero-order chi connectivity index (χ0) is 25.3. The highest BCUT2D eigenvalue weighted by atomic mass is 35.5. The number of amides is 1. The Kier molecular flexibility index (Phi) is 6.51. The largest absolute Gasteiger partial charge is 0.465 e. The van der Waals surface area contributed by atoms with Gasteiger partial charge in [-0.05, 0) is 29.3 Å². The highest BCUT2D eigenvalue weighted by molar-refractivity contribution is 6.34. The number of rotatable bonds is 5. The maximum absolute atomic E-state index is 13.7. The van der Waals surface area contributed by atoms with Crippen molar-refractivity contribution in [1.82, 2.24) is 15.1 Å². The Bertz CT molecular complexity index is 1430. The van der Waals surface area contributed by atoms with Crippen molar-refractivity contribution in [2.75, 3.05) is 0 Å². The molecule has 3 aromatic carbocycles. The number of hydrogen-bond acceptors (Lipinski definition) is 4. The highest BCUT2D eigenvalue weighted by Crippen LogP contribution is 2.37. The number of aliphatic hydroxyl groups excluding tert-OH is 1. The maximum atomic E-state index is 13.7. The number of nitrogens with one attached hydrogen (secondary N) is 1. The second kappa shape index (κ2) is 9.40. The fourth-order valence-electron chi connectivity index (χ4n) is 3.67. The average molecular weight is 504 g/mol. The van der Waals surface area contributed by atoms with Gasteiger partial charge in [0, 0.05) is 17.5 Å². The molecule has 0 atom stereocenters. The Morgan fingerprint density at radius 3 is 2.34 bits per heavy atom. The molecule has 4 aromatic rings. The van der Waals surface area contributed by atoms with Gasteiger partial charge in [-0.15, -0.1) is 0 Å². The molecule has 180 valence electrons. The lowest BCUT2D eigenvalue weighted by atomic mass is 10.0. The molecule has 0 spiro atoms. The number of hydrogen-bond donors (Lipinski definition) is 3. The van der Waals surface area contributed by atoms with Gasteiger partial charge in [-0.1, -0.05) is 54.1 Å². The van der Waals surface area contributed by atoms with Crippen LogP contribution in [0.1, 0.15) is 27.0 Å². The highest BCUT2D eigenvalue weighted by Gasteiger charge is 2.37. The summed E-state index contributed by atoms with van der Waals surface area (Å²) in [6.45, 7) is -0.272. The molecule has 0 saturated carbocycles. The molecule has 4 rings (SSSR count). The topological polar surface area (TPSA) is 104 Å². The van der Waals surface area contributed by atoms with Crippen LogP contribution in [0.5, 0.6) is 0 Å². The Morgan fingerprint density at radius 2 is 1.71 bits per heavy atom. The SMILES string of the molecule is O=C(O)NCc1ccc2c(-c3ccc(CO)cc3)nn(C(=O)c3c(Cl)cccc3C(F)(F)F)c2c1. The molecule has 0 saturated heterocycles. The zero-order valence-corrected chi connectivity index (χ0v) is 18.6. The van der Waals surface area contributed by atoms with Gasteiger partial charge >= 0.3 is 12.3 Å². The number of carbonyl (C=O) groups excluding carboxylic acids is 1. The van der Waals surface area contributed by atoms with Crippen molar-refractivity contribution in [2.24, 2.45) is 0 Å². The lowest BCUT2D eigenvalue weighted by molar-refractivity contribution is -0.137. The predicted molar refractivity (Wildman–Crippen MR) is 122 cm³/mol. The van der Waals surface area contributed by atoms with E-state index in [1.54, 1.807) is 36.4 Å². The number of aromatic nitrogens is 2. The van der Waals surface area contributed by atoms with Gasteiger partial charge in [-0.2, -0.15) is 23.0 Å². The van der Waals surface area contributed by atoms with Gasteiger partial charge in [0.1, 0.15) is 5.69 Å². The Labute approximate surface area is 201 Å². The quantitative estimate of drug-likeness (QED) is 0.342. The van der Waals surface area contributed by atoms with Crippen molar-refractivity contribution in [2.45, 2.75) is 19.3 Å². The first kappa shape index (κ1) is 24.2. The molecule has 1 amide bonds. The third-order valence-corrected chi connectivity index (χ3v) is 5.64. The van der Waals surface area contributed by atoms with Crippen molar-refractivity contribution in [3.05, 3.63) is 87.9 Å². The fraction of sp³-hybridized carbons (Fsp3) is 0.125. The minimum Gasteiger partial charge on any atom is -0.465 e. The molecule has 0 bridgehead atoms. The summed E-state index contributed by atoms with van der Waals surface area (Å²) in [5, 5.41) is 24.8. The van der Waals surface area contributed by atoms with Crippen LogP contribution in [0.4, 0.5) is 18.0 Å². The van der Waals surface area contributed by atoms with Crippen LogP contribution in [0, 0.1) is 0 Å². The monoisotopic (exact) mass is 503 g/mol. The van der Waals surface area contributed by atoms with Crippen LogP contribution in [-0.2, 0) is 19.3 Å². The molecular formula is C24H17ClF3N3O4. The van der Waals surface area contributed by atoms with Crippen molar-refractivity contribution in [3.63, 3.8) is 0 Å². The van der Waals surface area contributed by atoms with E-state index in [1.165, 1.54) is 12.1 Å². The standard InChI is InChI=1S/C24H17ClF3N3O4/c25-18-3-1-2-17(24(26,27)28)20(18)22(33)31-19-10-14(11-29-23(34)35)6-9-16(19)21(30-31)15-7-4-13(12-32)5-8-15/h1-10,29,32H,11-12H2,(H,34,35).